The Hall–Kier alpha value is -1.88. The molecule has 0 saturated carbocycles. The number of hydrogen-bond acceptors (Lipinski definition) is 3. The average Bonchev–Trinajstić information content (AvgIpc) is 2.68. The maximum atomic E-state index is 11.7. The van der Waals surface area contributed by atoms with Gasteiger partial charge >= 0.3 is 0 Å². The minimum absolute atomic E-state index is 0.122. The molecule has 0 aliphatic heterocycles. The van der Waals surface area contributed by atoms with Crippen LogP contribution in [0, 0.1) is 6.92 Å². The van der Waals surface area contributed by atoms with Gasteiger partial charge in [-0.25, -0.2) is 4.68 Å². The first kappa shape index (κ1) is 11.6. The summed E-state index contributed by atoms with van der Waals surface area (Å²) in [7, 11) is 0. The number of nitrogens with zero attached hydrogens (tertiary/aromatic N) is 3. The number of hydrogen-bond donors (Lipinski definition) is 1. The van der Waals surface area contributed by atoms with Gasteiger partial charge in [-0.05, 0) is 19.1 Å². The van der Waals surface area contributed by atoms with E-state index in [-0.39, 0.29) is 12.5 Å². The van der Waals surface area contributed by atoms with Crippen LogP contribution in [0.1, 0.15) is 5.69 Å². The summed E-state index contributed by atoms with van der Waals surface area (Å²) in [5.74, 6) is -0.188. The number of nitrogens with one attached hydrogen (secondary N) is 1. The third kappa shape index (κ3) is 2.82. The normalized spacial score (nSPS) is 10.2. The molecule has 0 bridgehead atoms. The van der Waals surface area contributed by atoms with E-state index in [4.69, 9.17) is 11.6 Å². The molecule has 0 atom stereocenters. The molecule has 5 nitrogen and oxygen atoms in total. The van der Waals surface area contributed by atoms with E-state index in [1.54, 1.807) is 24.4 Å². The van der Waals surface area contributed by atoms with Crippen molar-refractivity contribution in [3.8, 4) is 0 Å². The van der Waals surface area contributed by atoms with E-state index >= 15 is 0 Å². The molecule has 2 rings (SSSR count). The van der Waals surface area contributed by atoms with E-state index in [0.29, 0.717) is 10.7 Å². The van der Waals surface area contributed by atoms with Crippen LogP contribution in [-0.2, 0) is 11.3 Å². The van der Waals surface area contributed by atoms with Crippen LogP contribution >= 0.6 is 11.6 Å². The molecule has 6 heteroatoms. The molecule has 1 aromatic heterocycles. The number of benzene rings is 1. The second kappa shape index (κ2) is 4.97. The number of carbonyl (C=O) groups is 1. The maximum Gasteiger partial charge on any atom is 0.246 e. The maximum absolute atomic E-state index is 11.7. The van der Waals surface area contributed by atoms with Crippen LogP contribution in [0.3, 0.4) is 0 Å². The minimum atomic E-state index is -0.188. The van der Waals surface area contributed by atoms with Gasteiger partial charge in [0.1, 0.15) is 6.54 Å². The zero-order valence-electron chi connectivity index (χ0n) is 9.22. The van der Waals surface area contributed by atoms with Gasteiger partial charge in [-0.1, -0.05) is 28.9 Å². The van der Waals surface area contributed by atoms with Gasteiger partial charge in [-0.3, -0.25) is 4.79 Å². The number of anilines is 1. The molecule has 0 aliphatic carbocycles. The second-order valence-corrected chi connectivity index (χ2v) is 3.97. The van der Waals surface area contributed by atoms with E-state index in [1.807, 2.05) is 13.0 Å². The van der Waals surface area contributed by atoms with Gasteiger partial charge in [-0.2, -0.15) is 0 Å². The van der Waals surface area contributed by atoms with Crippen LogP contribution in [0.15, 0.2) is 30.5 Å². The number of aromatic nitrogens is 3. The van der Waals surface area contributed by atoms with Crippen molar-refractivity contribution in [2.45, 2.75) is 13.5 Å². The molecule has 17 heavy (non-hydrogen) atoms. The van der Waals surface area contributed by atoms with Gasteiger partial charge in [-0.15, -0.1) is 5.10 Å². The fourth-order valence-electron chi connectivity index (χ4n) is 1.35. The van der Waals surface area contributed by atoms with Crippen molar-refractivity contribution in [1.29, 1.82) is 0 Å². The van der Waals surface area contributed by atoms with E-state index < -0.39 is 0 Å². The Morgan fingerprint density at radius 2 is 2.24 bits per heavy atom. The first-order chi connectivity index (χ1) is 8.16. The third-order valence-electron chi connectivity index (χ3n) is 2.25. The van der Waals surface area contributed by atoms with Crippen molar-refractivity contribution in [2.75, 3.05) is 5.32 Å². The number of halogens is 1. The lowest BCUT2D eigenvalue weighted by atomic mass is 10.3. The molecular formula is C11H11ClN4O. The third-order valence-corrected chi connectivity index (χ3v) is 2.58. The number of para-hydroxylation sites is 1. The lowest BCUT2D eigenvalue weighted by Gasteiger charge is -2.07. The highest BCUT2D eigenvalue weighted by Gasteiger charge is 2.08. The molecule has 2 aromatic rings. The predicted octanol–water partition coefficient (Wildman–Crippen LogP) is 1.88. The van der Waals surface area contributed by atoms with Crippen molar-refractivity contribution >= 4 is 23.2 Å². The summed E-state index contributed by atoms with van der Waals surface area (Å²) in [5, 5.41) is 10.7. The Morgan fingerprint density at radius 3 is 2.88 bits per heavy atom. The summed E-state index contributed by atoms with van der Waals surface area (Å²) in [6.45, 7) is 1.96. The molecule has 1 amide bonds. The summed E-state index contributed by atoms with van der Waals surface area (Å²) < 4.78 is 1.52. The molecule has 0 radical (unpaired) electrons. The Balaban J connectivity index is 2.03. The molecular weight excluding hydrogens is 240 g/mol. The Bertz CT molecular complexity index is 538. The molecule has 0 unspecified atom stereocenters. The topological polar surface area (TPSA) is 59.8 Å². The van der Waals surface area contributed by atoms with Crippen molar-refractivity contribution in [3.63, 3.8) is 0 Å². The first-order valence-electron chi connectivity index (χ1n) is 5.06. The summed E-state index contributed by atoms with van der Waals surface area (Å²) >= 11 is 5.93. The summed E-state index contributed by atoms with van der Waals surface area (Å²) in [4.78, 5) is 11.7. The SMILES string of the molecule is Cc1cnnn1CC(=O)Nc1ccccc1Cl. The molecule has 0 fully saturated rings. The van der Waals surface area contributed by atoms with Crippen LogP contribution in [0.2, 0.25) is 5.02 Å². The van der Waals surface area contributed by atoms with Crippen LogP contribution in [0.25, 0.3) is 0 Å². The summed E-state index contributed by atoms with van der Waals surface area (Å²) in [6, 6.07) is 7.08. The standard InChI is InChI=1S/C11H11ClN4O/c1-8-6-13-15-16(8)7-11(17)14-10-5-3-2-4-9(10)12/h2-6H,7H2,1H3,(H,14,17). The highest BCUT2D eigenvalue weighted by atomic mass is 35.5. The van der Waals surface area contributed by atoms with Crippen molar-refractivity contribution < 1.29 is 4.79 Å². The highest BCUT2D eigenvalue weighted by molar-refractivity contribution is 6.33. The van der Waals surface area contributed by atoms with Gasteiger partial charge in [0.2, 0.25) is 5.91 Å². The summed E-state index contributed by atoms with van der Waals surface area (Å²) in [6.07, 6.45) is 1.60. The van der Waals surface area contributed by atoms with Crippen LogP contribution < -0.4 is 5.32 Å². The van der Waals surface area contributed by atoms with Gasteiger partial charge in [0.05, 0.1) is 22.6 Å². The minimum Gasteiger partial charge on any atom is -0.323 e. The van der Waals surface area contributed by atoms with Crippen LogP contribution in [0.5, 0.6) is 0 Å². The van der Waals surface area contributed by atoms with E-state index in [2.05, 4.69) is 15.6 Å². The Labute approximate surface area is 103 Å². The van der Waals surface area contributed by atoms with Crippen LogP contribution in [-0.4, -0.2) is 20.9 Å². The monoisotopic (exact) mass is 250 g/mol. The molecule has 0 spiro atoms. The van der Waals surface area contributed by atoms with Gasteiger partial charge in [0.15, 0.2) is 0 Å². The zero-order valence-corrected chi connectivity index (χ0v) is 9.98. The molecule has 88 valence electrons. The lowest BCUT2D eigenvalue weighted by molar-refractivity contribution is -0.117. The fourth-order valence-corrected chi connectivity index (χ4v) is 1.54. The number of carbonyl (C=O) groups excluding carboxylic acids is 1. The average molecular weight is 251 g/mol. The van der Waals surface area contributed by atoms with Gasteiger partial charge in [0.25, 0.3) is 0 Å². The number of aryl methyl sites for hydroxylation is 1. The van der Waals surface area contributed by atoms with E-state index in [1.165, 1.54) is 4.68 Å². The van der Waals surface area contributed by atoms with Crippen molar-refractivity contribution in [1.82, 2.24) is 15.0 Å². The quantitative estimate of drug-likeness (QED) is 0.905. The molecule has 1 aromatic carbocycles. The van der Waals surface area contributed by atoms with E-state index in [9.17, 15) is 4.79 Å². The first-order valence-corrected chi connectivity index (χ1v) is 5.44. The Morgan fingerprint density at radius 1 is 1.47 bits per heavy atom. The Kier molecular flexibility index (Phi) is 3.39. The molecule has 1 heterocycles. The van der Waals surface area contributed by atoms with Gasteiger partial charge in [0, 0.05) is 0 Å². The fraction of sp³-hybridized carbons (Fsp3) is 0.182. The lowest BCUT2D eigenvalue weighted by Crippen LogP contribution is -2.20. The van der Waals surface area contributed by atoms with E-state index in [0.717, 1.165) is 5.69 Å². The largest absolute Gasteiger partial charge is 0.323 e. The zero-order chi connectivity index (χ0) is 12.3. The van der Waals surface area contributed by atoms with Crippen molar-refractivity contribution in [3.05, 3.63) is 41.2 Å². The van der Waals surface area contributed by atoms with Gasteiger partial charge < -0.3 is 5.32 Å². The number of amides is 1. The number of rotatable bonds is 3. The predicted molar refractivity (Wildman–Crippen MR) is 64.8 cm³/mol. The molecule has 0 saturated heterocycles. The van der Waals surface area contributed by atoms with Crippen molar-refractivity contribution in [2.24, 2.45) is 0 Å². The second-order valence-electron chi connectivity index (χ2n) is 3.56. The van der Waals surface area contributed by atoms with Crippen LogP contribution in [0.4, 0.5) is 5.69 Å². The smallest absolute Gasteiger partial charge is 0.246 e. The summed E-state index contributed by atoms with van der Waals surface area (Å²) in [5.41, 5.74) is 1.43. The molecule has 0 aliphatic rings. The highest BCUT2D eigenvalue weighted by Crippen LogP contribution is 2.20. The molecule has 1 N–H and O–H groups in total.